The predicted molar refractivity (Wildman–Crippen MR) is 133 cm³/mol. The molecule has 32 heavy (non-hydrogen) atoms. The highest BCUT2D eigenvalue weighted by molar-refractivity contribution is 7.99. The molecular formula is C26H30ClN3OS. The van der Waals surface area contributed by atoms with E-state index in [-0.39, 0.29) is 5.91 Å². The normalized spacial score (nSPS) is 16.3. The van der Waals surface area contributed by atoms with E-state index in [9.17, 15) is 4.79 Å². The zero-order valence-corrected chi connectivity index (χ0v) is 20.1. The molecule has 0 unspecified atom stereocenters. The molecule has 0 saturated carbocycles. The minimum Gasteiger partial charge on any atom is -0.339 e. The molecule has 0 aliphatic carbocycles. The van der Waals surface area contributed by atoms with Gasteiger partial charge in [-0.05, 0) is 55.4 Å². The third kappa shape index (κ3) is 5.57. The first-order valence-electron chi connectivity index (χ1n) is 11.4. The standard InChI is InChI=1S/C26H30ClN3OS/c1-2-23-10-6-7-16-29(23)25(31)19-32-26-28-18-24(21-11-13-22(27)14-12-21)30(26)17-15-20-8-4-3-5-9-20/h3-5,8-9,11-14,18,23H,2,6-7,10,15-17,19H2,1H3/t23-/m1/s1. The van der Waals surface area contributed by atoms with E-state index in [0.717, 1.165) is 60.2 Å². The number of hydrogen-bond donors (Lipinski definition) is 0. The fourth-order valence-corrected chi connectivity index (χ4v) is 5.41. The van der Waals surface area contributed by atoms with Gasteiger partial charge in [0.05, 0.1) is 17.6 Å². The van der Waals surface area contributed by atoms with Gasteiger partial charge in [0.15, 0.2) is 5.16 Å². The molecule has 168 valence electrons. The van der Waals surface area contributed by atoms with Crippen molar-refractivity contribution in [2.24, 2.45) is 0 Å². The molecular weight excluding hydrogens is 438 g/mol. The number of halogens is 1. The van der Waals surface area contributed by atoms with E-state index in [2.05, 4.69) is 40.7 Å². The fourth-order valence-electron chi connectivity index (χ4n) is 4.39. The van der Waals surface area contributed by atoms with Crippen LogP contribution in [0.5, 0.6) is 0 Å². The summed E-state index contributed by atoms with van der Waals surface area (Å²) in [7, 11) is 0. The molecule has 1 aromatic heterocycles. The summed E-state index contributed by atoms with van der Waals surface area (Å²) in [5, 5.41) is 1.61. The van der Waals surface area contributed by atoms with Crippen molar-refractivity contribution in [3.8, 4) is 11.3 Å². The Bertz CT molecular complexity index is 1020. The van der Waals surface area contributed by atoms with Crippen LogP contribution < -0.4 is 0 Å². The summed E-state index contributed by atoms with van der Waals surface area (Å²) in [6.45, 7) is 3.87. The highest BCUT2D eigenvalue weighted by Gasteiger charge is 2.25. The first kappa shape index (κ1) is 22.9. The van der Waals surface area contributed by atoms with Crippen molar-refractivity contribution in [1.29, 1.82) is 0 Å². The summed E-state index contributed by atoms with van der Waals surface area (Å²) < 4.78 is 2.24. The lowest BCUT2D eigenvalue weighted by molar-refractivity contribution is -0.132. The minimum atomic E-state index is 0.229. The molecule has 3 aromatic rings. The van der Waals surface area contributed by atoms with Crippen LogP contribution in [0.3, 0.4) is 0 Å². The highest BCUT2D eigenvalue weighted by Crippen LogP contribution is 2.29. The van der Waals surface area contributed by atoms with Crippen LogP contribution in [0.4, 0.5) is 0 Å². The number of nitrogens with zero attached hydrogens (tertiary/aromatic N) is 3. The van der Waals surface area contributed by atoms with Gasteiger partial charge in [-0.1, -0.05) is 72.8 Å². The van der Waals surface area contributed by atoms with Crippen molar-refractivity contribution in [1.82, 2.24) is 14.5 Å². The summed E-state index contributed by atoms with van der Waals surface area (Å²) in [6, 6.07) is 18.7. The van der Waals surface area contributed by atoms with Gasteiger partial charge >= 0.3 is 0 Å². The number of hydrogen-bond acceptors (Lipinski definition) is 3. The second-order valence-electron chi connectivity index (χ2n) is 8.25. The first-order chi connectivity index (χ1) is 15.7. The maximum Gasteiger partial charge on any atom is 0.233 e. The number of carbonyl (C=O) groups is 1. The number of aromatic nitrogens is 2. The number of piperidine rings is 1. The van der Waals surface area contributed by atoms with Gasteiger partial charge < -0.3 is 9.47 Å². The number of carbonyl (C=O) groups excluding carboxylic acids is 1. The zero-order chi connectivity index (χ0) is 22.3. The molecule has 6 heteroatoms. The molecule has 0 spiro atoms. The van der Waals surface area contributed by atoms with Crippen molar-refractivity contribution in [2.45, 2.75) is 56.8 Å². The van der Waals surface area contributed by atoms with Crippen molar-refractivity contribution in [3.05, 3.63) is 71.4 Å². The lowest BCUT2D eigenvalue weighted by Gasteiger charge is -2.35. The van der Waals surface area contributed by atoms with Crippen LogP contribution >= 0.6 is 23.4 Å². The summed E-state index contributed by atoms with van der Waals surface area (Å²) in [5.74, 6) is 0.658. The Balaban J connectivity index is 1.52. The van der Waals surface area contributed by atoms with Gasteiger partial charge in [0.25, 0.3) is 0 Å². The Morgan fingerprint density at radius 2 is 1.91 bits per heavy atom. The summed E-state index contributed by atoms with van der Waals surface area (Å²) >= 11 is 7.65. The van der Waals surface area contributed by atoms with E-state index in [4.69, 9.17) is 16.6 Å². The molecule has 0 bridgehead atoms. The molecule has 0 radical (unpaired) electrons. The second-order valence-corrected chi connectivity index (χ2v) is 9.63. The van der Waals surface area contributed by atoms with Crippen LogP contribution in [-0.2, 0) is 17.8 Å². The molecule has 0 N–H and O–H groups in total. The van der Waals surface area contributed by atoms with Gasteiger partial charge in [-0.2, -0.15) is 0 Å². The molecule has 1 saturated heterocycles. The smallest absolute Gasteiger partial charge is 0.233 e. The Labute approximate surface area is 200 Å². The highest BCUT2D eigenvalue weighted by atomic mass is 35.5. The maximum absolute atomic E-state index is 13.0. The number of thioether (sulfide) groups is 1. The monoisotopic (exact) mass is 467 g/mol. The van der Waals surface area contributed by atoms with Gasteiger partial charge in [0.2, 0.25) is 5.91 Å². The quantitative estimate of drug-likeness (QED) is 0.363. The van der Waals surface area contributed by atoms with Crippen molar-refractivity contribution >= 4 is 29.3 Å². The first-order valence-corrected chi connectivity index (χ1v) is 12.8. The van der Waals surface area contributed by atoms with E-state index in [1.165, 1.54) is 12.0 Å². The van der Waals surface area contributed by atoms with Crippen molar-refractivity contribution < 1.29 is 4.79 Å². The van der Waals surface area contributed by atoms with E-state index < -0.39 is 0 Å². The average Bonchev–Trinajstić information content (AvgIpc) is 3.25. The third-order valence-corrected chi connectivity index (χ3v) is 7.40. The molecule has 1 atom stereocenters. The van der Waals surface area contributed by atoms with E-state index in [1.807, 2.05) is 36.5 Å². The summed E-state index contributed by atoms with van der Waals surface area (Å²) in [4.78, 5) is 19.8. The van der Waals surface area contributed by atoms with Crippen LogP contribution in [0, 0.1) is 0 Å². The number of amides is 1. The Morgan fingerprint density at radius 3 is 2.66 bits per heavy atom. The zero-order valence-electron chi connectivity index (χ0n) is 18.5. The molecule has 4 rings (SSSR count). The van der Waals surface area contributed by atoms with Crippen LogP contribution in [0.2, 0.25) is 5.02 Å². The van der Waals surface area contributed by atoms with E-state index in [1.54, 1.807) is 11.8 Å². The third-order valence-electron chi connectivity index (χ3n) is 6.17. The number of likely N-dealkylation sites (tertiary alicyclic amines) is 1. The largest absolute Gasteiger partial charge is 0.339 e. The van der Waals surface area contributed by atoms with Gasteiger partial charge in [-0.25, -0.2) is 4.98 Å². The predicted octanol–water partition coefficient (Wildman–Crippen LogP) is 6.33. The molecule has 2 aromatic carbocycles. The van der Waals surface area contributed by atoms with Crippen molar-refractivity contribution in [3.63, 3.8) is 0 Å². The summed E-state index contributed by atoms with van der Waals surface area (Å²) in [6.07, 6.45) is 7.31. The molecule has 1 fully saturated rings. The van der Waals surface area contributed by atoms with Gasteiger partial charge in [0, 0.05) is 24.2 Å². The molecule has 4 nitrogen and oxygen atoms in total. The Kier molecular flexibility index (Phi) is 7.93. The van der Waals surface area contributed by atoms with Gasteiger partial charge in [0.1, 0.15) is 0 Å². The van der Waals surface area contributed by atoms with Crippen LogP contribution in [0.15, 0.2) is 66.0 Å². The number of rotatable bonds is 8. The van der Waals surface area contributed by atoms with Crippen LogP contribution in [-0.4, -0.2) is 38.7 Å². The molecule has 2 heterocycles. The SMILES string of the molecule is CC[C@@H]1CCCCN1C(=O)CSc1ncc(-c2ccc(Cl)cc2)n1CCc1ccccc1. The van der Waals surface area contributed by atoms with Crippen molar-refractivity contribution in [2.75, 3.05) is 12.3 Å². The number of imidazole rings is 1. The second kappa shape index (κ2) is 11.1. The molecule has 1 aliphatic heterocycles. The van der Waals surface area contributed by atoms with Crippen LogP contribution in [0.1, 0.15) is 38.2 Å². The lowest BCUT2D eigenvalue weighted by atomic mass is 10.0. The lowest BCUT2D eigenvalue weighted by Crippen LogP contribution is -2.44. The summed E-state index contributed by atoms with van der Waals surface area (Å²) in [5.41, 5.74) is 3.42. The topological polar surface area (TPSA) is 38.1 Å². The minimum absolute atomic E-state index is 0.229. The van der Waals surface area contributed by atoms with Crippen LogP contribution in [0.25, 0.3) is 11.3 Å². The van der Waals surface area contributed by atoms with E-state index in [0.29, 0.717) is 11.8 Å². The van der Waals surface area contributed by atoms with E-state index >= 15 is 0 Å². The van der Waals surface area contributed by atoms with Gasteiger partial charge in [-0.3, -0.25) is 4.79 Å². The number of aryl methyl sites for hydroxylation is 1. The fraction of sp³-hybridized carbons (Fsp3) is 0.385. The number of benzene rings is 2. The average molecular weight is 468 g/mol. The molecule has 1 aliphatic rings. The van der Waals surface area contributed by atoms with Gasteiger partial charge in [-0.15, -0.1) is 0 Å². The molecule has 1 amide bonds. The Morgan fingerprint density at radius 1 is 1.12 bits per heavy atom. The maximum atomic E-state index is 13.0. The Hall–Kier alpha value is -2.24.